The highest BCUT2D eigenvalue weighted by Crippen LogP contribution is 2.20. The topological polar surface area (TPSA) is 62.2 Å². The number of halogens is 1. The molecule has 3 rings (SSSR count). The summed E-state index contributed by atoms with van der Waals surface area (Å²) in [6, 6.07) is 0. The fourth-order valence-electron chi connectivity index (χ4n) is 2.82. The molecule has 0 N–H and O–H groups in total. The van der Waals surface area contributed by atoms with Crippen LogP contribution >= 0.6 is 11.3 Å². The first-order chi connectivity index (χ1) is 11.6. The van der Waals surface area contributed by atoms with Gasteiger partial charge >= 0.3 is 0 Å². The normalized spacial score (nSPS) is 15.5. The summed E-state index contributed by atoms with van der Waals surface area (Å²) in [5.41, 5.74) is 0.919. The summed E-state index contributed by atoms with van der Waals surface area (Å²) in [5, 5.41) is 2.67. The number of aromatic nitrogens is 3. The summed E-state index contributed by atoms with van der Waals surface area (Å²) in [6.45, 7) is 6.13. The van der Waals surface area contributed by atoms with E-state index in [2.05, 4.69) is 15.0 Å². The molecule has 0 aliphatic carbocycles. The molecule has 1 aliphatic rings. The zero-order valence-electron chi connectivity index (χ0n) is 13.8. The first-order valence-electron chi connectivity index (χ1n) is 8.06. The molecule has 0 bridgehead atoms. The van der Waals surface area contributed by atoms with Crippen molar-refractivity contribution in [1.82, 2.24) is 19.9 Å². The standard InChI is InChI=1S/C16H20FN5OS/c1-3-12-14(17)15(19-10-18-12)21-5-4-6-22(8-7-21)16(23)13-9-24-11(2)20-13/h9-10H,3-8H2,1-2H3. The van der Waals surface area contributed by atoms with Gasteiger partial charge < -0.3 is 9.80 Å². The Morgan fingerprint density at radius 3 is 2.83 bits per heavy atom. The van der Waals surface area contributed by atoms with Crippen LogP contribution in [0.25, 0.3) is 0 Å². The van der Waals surface area contributed by atoms with Crippen LogP contribution in [0.1, 0.15) is 34.5 Å². The van der Waals surface area contributed by atoms with Gasteiger partial charge in [0, 0.05) is 31.6 Å². The molecule has 0 aromatic carbocycles. The monoisotopic (exact) mass is 349 g/mol. The van der Waals surface area contributed by atoms with E-state index in [1.807, 2.05) is 18.7 Å². The lowest BCUT2D eigenvalue weighted by atomic mass is 10.3. The van der Waals surface area contributed by atoms with E-state index in [1.165, 1.54) is 17.7 Å². The molecule has 8 heteroatoms. The summed E-state index contributed by atoms with van der Waals surface area (Å²) in [7, 11) is 0. The van der Waals surface area contributed by atoms with Gasteiger partial charge in [-0.15, -0.1) is 11.3 Å². The highest BCUT2D eigenvalue weighted by atomic mass is 32.1. The zero-order valence-corrected chi connectivity index (χ0v) is 14.6. The van der Waals surface area contributed by atoms with Crippen LogP contribution in [0.5, 0.6) is 0 Å². The summed E-state index contributed by atoms with van der Waals surface area (Å²) in [4.78, 5) is 28.6. The van der Waals surface area contributed by atoms with E-state index in [0.29, 0.717) is 49.8 Å². The van der Waals surface area contributed by atoms with Crippen LogP contribution in [0.4, 0.5) is 10.2 Å². The van der Waals surface area contributed by atoms with Gasteiger partial charge in [-0.25, -0.2) is 19.3 Å². The number of hydrogen-bond acceptors (Lipinski definition) is 6. The number of anilines is 1. The third kappa shape index (κ3) is 3.38. The second-order valence-electron chi connectivity index (χ2n) is 5.70. The Balaban J connectivity index is 1.72. The van der Waals surface area contributed by atoms with Crippen molar-refractivity contribution >= 4 is 23.1 Å². The maximum atomic E-state index is 14.5. The number of amides is 1. The lowest BCUT2D eigenvalue weighted by molar-refractivity contribution is 0.0762. The zero-order chi connectivity index (χ0) is 17.1. The minimum atomic E-state index is -0.352. The van der Waals surface area contributed by atoms with Crippen LogP contribution in [-0.2, 0) is 6.42 Å². The molecule has 0 saturated carbocycles. The van der Waals surface area contributed by atoms with Gasteiger partial charge in [-0.05, 0) is 19.8 Å². The Bertz CT molecular complexity index is 735. The average Bonchev–Trinajstić information content (AvgIpc) is 2.88. The molecule has 0 radical (unpaired) electrons. The van der Waals surface area contributed by atoms with Crippen molar-refractivity contribution < 1.29 is 9.18 Å². The predicted octanol–water partition coefficient (Wildman–Crippen LogP) is 2.30. The third-order valence-electron chi connectivity index (χ3n) is 4.10. The van der Waals surface area contributed by atoms with Crippen molar-refractivity contribution in [3.05, 3.63) is 33.9 Å². The van der Waals surface area contributed by atoms with Gasteiger partial charge in [0.05, 0.1) is 10.7 Å². The van der Waals surface area contributed by atoms with Gasteiger partial charge in [-0.3, -0.25) is 4.79 Å². The van der Waals surface area contributed by atoms with Gasteiger partial charge in [0.25, 0.3) is 5.91 Å². The van der Waals surface area contributed by atoms with E-state index >= 15 is 0 Å². The molecule has 1 aliphatic heterocycles. The number of aryl methyl sites for hydroxylation is 2. The lowest BCUT2D eigenvalue weighted by Gasteiger charge is -2.23. The van der Waals surface area contributed by atoms with Gasteiger partial charge in [-0.2, -0.15) is 0 Å². The van der Waals surface area contributed by atoms with Gasteiger partial charge in [0.2, 0.25) is 0 Å². The first kappa shape index (κ1) is 16.8. The largest absolute Gasteiger partial charge is 0.352 e. The summed E-state index contributed by atoms with van der Waals surface area (Å²) in [5.74, 6) is -0.0749. The van der Waals surface area contributed by atoms with Crippen LogP contribution in [-0.4, -0.2) is 51.9 Å². The maximum absolute atomic E-state index is 14.5. The molecule has 0 unspecified atom stereocenters. The van der Waals surface area contributed by atoms with E-state index in [-0.39, 0.29) is 11.7 Å². The van der Waals surface area contributed by atoms with E-state index in [0.717, 1.165) is 11.4 Å². The maximum Gasteiger partial charge on any atom is 0.273 e. The molecule has 0 atom stereocenters. The Morgan fingerprint density at radius 1 is 1.29 bits per heavy atom. The van der Waals surface area contributed by atoms with Crippen LogP contribution < -0.4 is 4.90 Å². The smallest absolute Gasteiger partial charge is 0.273 e. The Kier molecular flexibility index (Phi) is 5.03. The minimum Gasteiger partial charge on any atom is -0.352 e. The molecule has 6 nitrogen and oxygen atoms in total. The van der Waals surface area contributed by atoms with Crippen molar-refractivity contribution in [1.29, 1.82) is 0 Å². The Labute approximate surface area is 144 Å². The van der Waals surface area contributed by atoms with E-state index in [1.54, 1.807) is 10.3 Å². The fraction of sp³-hybridized carbons (Fsp3) is 0.500. The molecular formula is C16H20FN5OS. The number of rotatable bonds is 3. The number of carbonyl (C=O) groups excluding carboxylic acids is 1. The Morgan fingerprint density at radius 2 is 2.12 bits per heavy atom. The number of hydrogen-bond donors (Lipinski definition) is 0. The molecule has 2 aromatic heterocycles. The second-order valence-corrected chi connectivity index (χ2v) is 6.76. The van der Waals surface area contributed by atoms with E-state index < -0.39 is 0 Å². The molecule has 128 valence electrons. The van der Waals surface area contributed by atoms with Crippen molar-refractivity contribution in [2.24, 2.45) is 0 Å². The Hall–Kier alpha value is -2.09. The van der Waals surface area contributed by atoms with E-state index in [4.69, 9.17) is 0 Å². The molecule has 1 saturated heterocycles. The van der Waals surface area contributed by atoms with Crippen LogP contribution in [0, 0.1) is 12.7 Å². The fourth-order valence-corrected chi connectivity index (χ4v) is 3.41. The molecular weight excluding hydrogens is 329 g/mol. The average molecular weight is 349 g/mol. The quantitative estimate of drug-likeness (QED) is 0.851. The highest BCUT2D eigenvalue weighted by molar-refractivity contribution is 7.09. The number of nitrogens with zero attached hydrogens (tertiary/aromatic N) is 5. The second kappa shape index (κ2) is 7.21. The van der Waals surface area contributed by atoms with E-state index in [9.17, 15) is 9.18 Å². The van der Waals surface area contributed by atoms with Crippen LogP contribution in [0.15, 0.2) is 11.7 Å². The number of carbonyl (C=O) groups is 1. The SMILES string of the molecule is CCc1ncnc(N2CCCN(C(=O)c3csc(C)n3)CC2)c1F. The lowest BCUT2D eigenvalue weighted by Crippen LogP contribution is -2.35. The van der Waals surface area contributed by atoms with Crippen LogP contribution in [0.2, 0.25) is 0 Å². The van der Waals surface area contributed by atoms with Crippen LogP contribution in [0.3, 0.4) is 0 Å². The molecule has 24 heavy (non-hydrogen) atoms. The minimum absolute atomic E-state index is 0.0568. The molecule has 3 heterocycles. The third-order valence-corrected chi connectivity index (χ3v) is 4.87. The van der Waals surface area contributed by atoms with Crippen molar-refractivity contribution in [3.63, 3.8) is 0 Å². The molecule has 1 amide bonds. The van der Waals surface area contributed by atoms with Gasteiger partial charge in [0.15, 0.2) is 11.6 Å². The number of thiazole rings is 1. The molecule has 0 spiro atoms. The highest BCUT2D eigenvalue weighted by Gasteiger charge is 2.24. The molecule has 2 aromatic rings. The van der Waals surface area contributed by atoms with Crippen molar-refractivity contribution in [2.75, 3.05) is 31.1 Å². The summed E-state index contributed by atoms with van der Waals surface area (Å²) in [6.07, 6.45) is 2.70. The first-order valence-corrected chi connectivity index (χ1v) is 8.93. The molecule has 1 fully saturated rings. The summed E-state index contributed by atoms with van der Waals surface area (Å²) < 4.78 is 14.5. The summed E-state index contributed by atoms with van der Waals surface area (Å²) >= 11 is 1.47. The van der Waals surface area contributed by atoms with Gasteiger partial charge in [0.1, 0.15) is 12.0 Å². The van der Waals surface area contributed by atoms with Gasteiger partial charge in [-0.1, -0.05) is 6.92 Å². The van der Waals surface area contributed by atoms with Crippen molar-refractivity contribution in [2.45, 2.75) is 26.7 Å². The predicted molar refractivity (Wildman–Crippen MR) is 91.0 cm³/mol. The van der Waals surface area contributed by atoms with Crippen molar-refractivity contribution in [3.8, 4) is 0 Å².